The molecule has 0 aliphatic carbocycles. The Morgan fingerprint density at radius 2 is 1.41 bits per heavy atom. The number of thiazole rings is 1. The zero-order valence-electron chi connectivity index (χ0n) is 18.4. The number of nitrogens with zero attached hydrogens (tertiary/aromatic N) is 2. The molecule has 158 valence electrons. The van der Waals surface area contributed by atoms with E-state index in [0.717, 1.165) is 28.1 Å². The molecule has 32 heavy (non-hydrogen) atoms. The predicted molar refractivity (Wildman–Crippen MR) is 134 cm³/mol. The van der Waals surface area contributed by atoms with E-state index in [0.29, 0.717) is 9.49 Å². The summed E-state index contributed by atoms with van der Waals surface area (Å²) < 4.78 is 2.45. The molecule has 0 aliphatic heterocycles. The van der Waals surface area contributed by atoms with Gasteiger partial charge in [-0.3, -0.25) is 4.79 Å². The van der Waals surface area contributed by atoms with Crippen molar-refractivity contribution >= 4 is 22.4 Å². The lowest BCUT2D eigenvalue weighted by molar-refractivity contribution is 0.590. The van der Waals surface area contributed by atoms with Crippen LogP contribution in [0, 0.1) is 0 Å². The molecule has 2 aromatic heterocycles. The van der Waals surface area contributed by atoms with Crippen LogP contribution in [0.15, 0.2) is 89.7 Å². The second-order valence-electron chi connectivity index (χ2n) is 8.95. The molecule has 3 aromatic carbocycles. The minimum absolute atomic E-state index is 0.0292. The molecule has 3 nitrogen and oxygen atoms in total. The molecule has 0 bridgehead atoms. The van der Waals surface area contributed by atoms with E-state index in [4.69, 9.17) is 4.98 Å². The number of hydrogen-bond donors (Lipinski definition) is 0. The van der Waals surface area contributed by atoms with Gasteiger partial charge in [-0.15, -0.1) is 0 Å². The van der Waals surface area contributed by atoms with Crippen molar-refractivity contribution in [2.24, 2.45) is 0 Å². The smallest absolute Gasteiger partial charge is 0.267 e. The first-order valence-corrected chi connectivity index (χ1v) is 11.5. The summed E-state index contributed by atoms with van der Waals surface area (Å²) in [5.41, 5.74) is 6.03. The second kappa shape index (κ2) is 7.88. The minimum atomic E-state index is -0.0292. The van der Waals surface area contributed by atoms with Crippen molar-refractivity contribution in [3.05, 3.63) is 111 Å². The Hall–Kier alpha value is -3.50. The van der Waals surface area contributed by atoms with Crippen LogP contribution in [0.25, 0.3) is 33.6 Å². The maximum absolute atomic E-state index is 13.5. The highest BCUT2D eigenvalue weighted by molar-refractivity contribution is 7.15. The van der Waals surface area contributed by atoms with E-state index in [9.17, 15) is 4.79 Å². The fourth-order valence-electron chi connectivity index (χ4n) is 3.89. The summed E-state index contributed by atoms with van der Waals surface area (Å²) in [4.78, 5) is 19.1. The summed E-state index contributed by atoms with van der Waals surface area (Å²) in [5, 5.41) is 0. The Balaban J connectivity index is 1.70. The van der Waals surface area contributed by atoms with Gasteiger partial charge in [0.1, 0.15) is 0 Å². The van der Waals surface area contributed by atoms with E-state index < -0.39 is 0 Å². The number of imidazole rings is 1. The molecule has 0 N–H and O–H groups in total. The van der Waals surface area contributed by atoms with Crippen LogP contribution < -0.4 is 10.1 Å². The monoisotopic (exact) mass is 436 g/mol. The summed E-state index contributed by atoms with van der Waals surface area (Å²) in [6.45, 7) is 6.60. The molecule has 0 atom stereocenters. The number of rotatable bonds is 3. The molecule has 0 radical (unpaired) electrons. The van der Waals surface area contributed by atoms with E-state index in [1.807, 2.05) is 66.7 Å². The Morgan fingerprint density at radius 3 is 2.00 bits per heavy atom. The molecule has 5 rings (SSSR count). The van der Waals surface area contributed by atoms with E-state index in [-0.39, 0.29) is 11.0 Å². The van der Waals surface area contributed by atoms with Crippen LogP contribution >= 0.6 is 11.3 Å². The van der Waals surface area contributed by atoms with Gasteiger partial charge in [-0.2, -0.15) is 0 Å². The fraction of sp³-hybridized carbons (Fsp3) is 0.143. The molecule has 0 saturated heterocycles. The van der Waals surface area contributed by atoms with Gasteiger partial charge < -0.3 is 0 Å². The maximum Gasteiger partial charge on any atom is 0.274 e. The maximum atomic E-state index is 13.5. The third-order valence-corrected chi connectivity index (χ3v) is 6.60. The Bertz CT molecular complexity index is 1490. The van der Waals surface area contributed by atoms with Gasteiger partial charge in [-0.25, -0.2) is 9.38 Å². The first kappa shape index (κ1) is 20.4. The molecule has 0 spiro atoms. The van der Waals surface area contributed by atoms with Crippen molar-refractivity contribution in [2.75, 3.05) is 0 Å². The molecule has 0 unspecified atom stereocenters. The quantitative estimate of drug-likeness (QED) is 0.351. The minimum Gasteiger partial charge on any atom is -0.267 e. The van der Waals surface area contributed by atoms with Gasteiger partial charge in [0, 0.05) is 11.1 Å². The van der Waals surface area contributed by atoms with E-state index in [1.165, 1.54) is 16.9 Å². The first-order chi connectivity index (χ1) is 15.4. The van der Waals surface area contributed by atoms with Gasteiger partial charge >= 0.3 is 0 Å². The van der Waals surface area contributed by atoms with Crippen LogP contribution in [-0.2, 0) is 5.41 Å². The molecule has 0 aliphatic rings. The van der Waals surface area contributed by atoms with Gasteiger partial charge in [0.15, 0.2) is 4.96 Å². The fourth-order valence-corrected chi connectivity index (χ4v) is 4.86. The van der Waals surface area contributed by atoms with Crippen molar-refractivity contribution < 1.29 is 0 Å². The van der Waals surface area contributed by atoms with Gasteiger partial charge in [-0.1, -0.05) is 117 Å². The number of benzene rings is 3. The van der Waals surface area contributed by atoms with Gasteiger partial charge in [0.05, 0.1) is 15.9 Å². The van der Waals surface area contributed by atoms with Crippen LogP contribution in [-0.4, -0.2) is 9.38 Å². The summed E-state index contributed by atoms with van der Waals surface area (Å²) >= 11 is 1.44. The highest BCUT2D eigenvalue weighted by Crippen LogP contribution is 2.32. The molecular formula is C28H24N2OS. The van der Waals surface area contributed by atoms with Crippen LogP contribution in [0.1, 0.15) is 31.9 Å². The SMILES string of the molecule is CC(C)(C)c1ccc(/C=c2\sc3nc(-c4ccccc4)c(-c4ccccc4)n3c2=O)cc1. The molecule has 0 fully saturated rings. The zero-order valence-corrected chi connectivity index (χ0v) is 19.2. The average molecular weight is 437 g/mol. The number of fused-ring (bicyclic) bond motifs is 1. The largest absolute Gasteiger partial charge is 0.274 e. The molecule has 4 heteroatoms. The van der Waals surface area contributed by atoms with Crippen molar-refractivity contribution in [2.45, 2.75) is 26.2 Å². The third-order valence-electron chi connectivity index (χ3n) is 5.63. The standard InChI is InChI=1S/C28H24N2OS/c1-28(2,3)22-16-14-19(15-17-22)18-23-26(31)30-25(21-12-8-5-9-13-21)24(29-27(30)32-23)20-10-6-4-7-11-20/h4-18H,1-3H3/b23-18-. The van der Waals surface area contributed by atoms with E-state index >= 15 is 0 Å². The van der Waals surface area contributed by atoms with Crippen molar-refractivity contribution in [1.82, 2.24) is 9.38 Å². The summed E-state index contributed by atoms with van der Waals surface area (Å²) in [6.07, 6.45) is 1.96. The average Bonchev–Trinajstić information content (AvgIpc) is 3.31. The molecule has 2 heterocycles. The van der Waals surface area contributed by atoms with Crippen molar-refractivity contribution in [3.63, 3.8) is 0 Å². The molecule has 5 aromatic rings. The lowest BCUT2D eigenvalue weighted by Crippen LogP contribution is -2.23. The van der Waals surface area contributed by atoms with Crippen LogP contribution in [0.5, 0.6) is 0 Å². The summed E-state index contributed by atoms with van der Waals surface area (Å²) in [6, 6.07) is 28.5. The van der Waals surface area contributed by atoms with Crippen LogP contribution in [0.4, 0.5) is 0 Å². The lowest BCUT2D eigenvalue weighted by Gasteiger charge is -2.18. The predicted octanol–water partition coefficient (Wildman–Crippen LogP) is 5.94. The number of hydrogen-bond acceptors (Lipinski definition) is 3. The Labute approximate surface area is 191 Å². The van der Waals surface area contributed by atoms with Crippen LogP contribution in [0.3, 0.4) is 0 Å². The molecule has 0 saturated carbocycles. The molecular weight excluding hydrogens is 412 g/mol. The zero-order chi connectivity index (χ0) is 22.3. The molecule has 0 amide bonds. The Morgan fingerprint density at radius 1 is 0.812 bits per heavy atom. The summed E-state index contributed by atoms with van der Waals surface area (Å²) in [7, 11) is 0. The third kappa shape index (κ3) is 3.67. The number of aromatic nitrogens is 2. The van der Waals surface area contributed by atoms with Gasteiger partial charge in [0.25, 0.3) is 5.56 Å². The van der Waals surface area contributed by atoms with Gasteiger partial charge in [0.2, 0.25) is 0 Å². The van der Waals surface area contributed by atoms with Crippen LogP contribution in [0.2, 0.25) is 0 Å². The highest BCUT2D eigenvalue weighted by Gasteiger charge is 2.20. The van der Waals surface area contributed by atoms with Crippen molar-refractivity contribution in [1.29, 1.82) is 0 Å². The normalized spacial score (nSPS) is 12.5. The van der Waals surface area contributed by atoms with E-state index in [1.54, 1.807) is 4.40 Å². The highest BCUT2D eigenvalue weighted by atomic mass is 32.1. The van der Waals surface area contributed by atoms with Crippen molar-refractivity contribution in [3.8, 4) is 22.5 Å². The van der Waals surface area contributed by atoms with Gasteiger partial charge in [-0.05, 0) is 22.6 Å². The lowest BCUT2D eigenvalue weighted by atomic mass is 9.87. The topological polar surface area (TPSA) is 34.4 Å². The first-order valence-electron chi connectivity index (χ1n) is 10.7. The van der Waals surface area contributed by atoms with E-state index in [2.05, 4.69) is 45.0 Å². The Kier molecular flexibility index (Phi) is 5.03. The summed E-state index contributed by atoms with van der Waals surface area (Å²) in [5.74, 6) is 0. The second-order valence-corrected chi connectivity index (χ2v) is 9.96.